The minimum atomic E-state index is 0.971. The van der Waals surface area contributed by atoms with Crippen LogP contribution in [-0.2, 0) is 0 Å². The molecular weight excluding hydrogens is 242 g/mol. The summed E-state index contributed by atoms with van der Waals surface area (Å²) in [5.41, 5.74) is 0. The van der Waals surface area contributed by atoms with Crippen LogP contribution in [0.3, 0.4) is 0 Å². The Hall–Kier alpha value is -0.0400. The summed E-state index contributed by atoms with van der Waals surface area (Å²) >= 11 is 0. The highest BCUT2D eigenvalue weighted by Gasteiger charge is 2.36. The first-order valence-electron chi connectivity index (χ1n) is 9.45. The number of hydrogen-bond acceptors (Lipinski definition) is 1. The van der Waals surface area contributed by atoms with E-state index >= 15 is 0 Å². The van der Waals surface area contributed by atoms with Crippen LogP contribution in [0.1, 0.15) is 78.6 Å². The fraction of sp³-hybridized carbons (Fsp3) is 1.00. The third kappa shape index (κ3) is 4.48. The van der Waals surface area contributed by atoms with Gasteiger partial charge in [-0.05, 0) is 61.9 Å². The molecule has 0 aliphatic heterocycles. The van der Waals surface area contributed by atoms with Crippen molar-refractivity contribution in [1.82, 2.24) is 5.32 Å². The molecule has 2 rings (SSSR count). The van der Waals surface area contributed by atoms with Gasteiger partial charge in [-0.25, -0.2) is 0 Å². The van der Waals surface area contributed by atoms with Crippen molar-refractivity contribution in [3.05, 3.63) is 0 Å². The molecule has 0 amide bonds. The van der Waals surface area contributed by atoms with Crippen LogP contribution in [0.25, 0.3) is 0 Å². The normalized spacial score (nSPS) is 38.9. The lowest BCUT2D eigenvalue weighted by molar-refractivity contribution is 0.0795. The van der Waals surface area contributed by atoms with Gasteiger partial charge >= 0.3 is 0 Å². The summed E-state index contributed by atoms with van der Waals surface area (Å²) in [6.45, 7) is 9.52. The van der Waals surface area contributed by atoms with Crippen LogP contribution < -0.4 is 5.32 Å². The van der Waals surface area contributed by atoms with Gasteiger partial charge in [-0.2, -0.15) is 0 Å². The average Bonchev–Trinajstić information content (AvgIpc) is 2.46. The first-order chi connectivity index (χ1) is 9.74. The van der Waals surface area contributed by atoms with E-state index in [0.29, 0.717) is 0 Å². The smallest absolute Gasteiger partial charge is 0.00179 e. The standard InChI is InChI=1S/C19H37N/c1-4-7-16-10-11-18(14-20-5-2)19(13-16)17-9-6-8-15(3)12-17/h15-20H,4-14H2,1-3H3. The number of hydrogen-bond donors (Lipinski definition) is 1. The average molecular weight is 280 g/mol. The molecule has 0 saturated heterocycles. The van der Waals surface area contributed by atoms with Gasteiger partial charge in [0.2, 0.25) is 0 Å². The molecule has 0 bridgehead atoms. The molecule has 0 spiro atoms. The number of nitrogens with one attached hydrogen (secondary N) is 1. The monoisotopic (exact) mass is 279 g/mol. The summed E-state index contributed by atoms with van der Waals surface area (Å²) in [6, 6.07) is 0. The third-order valence-electron chi connectivity index (χ3n) is 6.09. The summed E-state index contributed by atoms with van der Waals surface area (Å²) in [5.74, 6) is 5.07. The second kappa shape index (κ2) is 8.41. The Morgan fingerprint density at radius 1 is 1.00 bits per heavy atom. The van der Waals surface area contributed by atoms with Crippen LogP contribution in [0.15, 0.2) is 0 Å². The zero-order valence-corrected chi connectivity index (χ0v) is 14.2. The predicted molar refractivity (Wildman–Crippen MR) is 88.9 cm³/mol. The van der Waals surface area contributed by atoms with Gasteiger partial charge < -0.3 is 5.32 Å². The van der Waals surface area contributed by atoms with E-state index in [-0.39, 0.29) is 0 Å². The van der Waals surface area contributed by atoms with E-state index in [1.807, 2.05) is 0 Å². The maximum atomic E-state index is 3.65. The van der Waals surface area contributed by atoms with E-state index in [9.17, 15) is 0 Å². The van der Waals surface area contributed by atoms with Gasteiger partial charge in [-0.3, -0.25) is 0 Å². The predicted octanol–water partition coefficient (Wildman–Crippen LogP) is 5.25. The van der Waals surface area contributed by atoms with Crippen molar-refractivity contribution >= 4 is 0 Å². The lowest BCUT2D eigenvalue weighted by Gasteiger charge is -2.43. The van der Waals surface area contributed by atoms with Crippen LogP contribution in [0.5, 0.6) is 0 Å². The molecule has 2 aliphatic rings. The molecule has 118 valence electrons. The Balaban J connectivity index is 1.96. The van der Waals surface area contributed by atoms with Crippen LogP contribution in [0, 0.1) is 29.6 Å². The van der Waals surface area contributed by atoms with Gasteiger partial charge in [0, 0.05) is 0 Å². The molecule has 0 aromatic carbocycles. The van der Waals surface area contributed by atoms with Crippen LogP contribution in [-0.4, -0.2) is 13.1 Å². The molecule has 0 radical (unpaired) electrons. The van der Waals surface area contributed by atoms with E-state index in [1.165, 1.54) is 57.9 Å². The summed E-state index contributed by atoms with van der Waals surface area (Å²) in [7, 11) is 0. The van der Waals surface area contributed by atoms with Crippen molar-refractivity contribution in [3.63, 3.8) is 0 Å². The number of rotatable bonds is 6. The maximum Gasteiger partial charge on any atom is -0.00179 e. The lowest BCUT2D eigenvalue weighted by Crippen LogP contribution is -2.38. The Morgan fingerprint density at radius 3 is 2.55 bits per heavy atom. The third-order valence-corrected chi connectivity index (χ3v) is 6.09. The molecule has 2 saturated carbocycles. The van der Waals surface area contributed by atoms with E-state index in [1.54, 1.807) is 6.42 Å². The van der Waals surface area contributed by atoms with Gasteiger partial charge in [0.25, 0.3) is 0 Å². The molecule has 5 atom stereocenters. The molecule has 1 heteroatoms. The molecule has 0 heterocycles. The van der Waals surface area contributed by atoms with Crippen molar-refractivity contribution in [2.24, 2.45) is 29.6 Å². The molecule has 5 unspecified atom stereocenters. The van der Waals surface area contributed by atoms with Crippen LogP contribution in [0.4, 0.5) is 0 Å². The Bertz CT molecular complexity index is 262. The van der Waals surface area contributed by atoms with Gasteiger partial charge in [0.05, 0.1) is 0 Å². The highest BCUT2D eigenvalue weighted by molar-refractivity contribution is 4.87. The molecule has 0 aromatic heterocycles. The Morgan fingerprint density at radius 2 is 1.85 bits per heavy atom. The maximum absolute atomic E-state index is 3.65. The molecular formula is C19H37N. The van der Waals surface area contributed by atoms with E-state index < -0.39 is 0 Å². The Kier molecular flexibility index (Phi) is 6.87. The molecule has 1 nitrogen and oxygen atoms in total. The SMILES string of the molecule is CCCC1CCC(CNCC)C(C2CCCC(C)C2)C1. The molecule has 2 fully saturated rings. The van der Waals surface area contributed by atoms with Crippen molar-refractivity contribution < 1.29 is 0 Å². The summed E-state index contributed by atoms with van der Waals surface area (Å²) < 4.78 is 0. The highest BCUT2D eigenvalue weighted by atomic mass is 14.8. The minimum Gasteiger partial charge on any atom is -0.317 e. The fourth-order valence-electron chi connectivity index (χ4n) is 5.06. The molecule has 1 N–H and O–H groups in total. The van der Waals surface area contributed by atoms with Crippen LogP contribution >= 0.6 is 0 Å². The van der Waals surface area contributed by atoms with Gasteiger partial charge in [0.15, 0.2) is 0 Å². The minimum absolute atomic E-state index is 0.971. The van der Waals surface area contributed by atoms with Gasteiger partial charge in [-0.15, -0.1) is 0 Å². The molecule has 2 aliphatic carbocycles. The van der Waals surface area contributed by atoms with Crippen molar-refractivity contribution in [2.45, 2.75) is 78.6 Å². The van der Waals surface area contributed by atoms with Crippen molar-refractivity contribution in [2.75, 3.05) is 13.1 Å². The highest BCUT2D eigenvalue weighted by Crippen LogP contribution is 2.45. The zero-order chi connectivity index (χ0) is 14.4. The first kappa shape index (κ1) is 16.3. The van der Waals surface area contributed by atoms with Crippen molar-refractivity contribution in [1.29, 1.82) is 0 Å². The van der Waals surface area contributed by atoms with E-state index in [2.05, 4.69) is 26.1 Å². The zero-order valence-electron chi connectivity index (χ0n) is 14.2. The summed E-state index contributed by atoms with van der Waals surface area (Å²) in [5, 5.41) is 3.65. The fourth-order valence-corrected chi connectivity index (χ4v) is 5.06. The Labute approximate surface area is 127 Å². The second-order valence-electron chi connectivity index (χ2n) is 7.73. The summed E-state index contributed by atoms with van der Waals surface area (Å²) in [6.07, 6.45) is 13.4. The lowest BCUT2D eigenvalue weighted by atomic mass is 9.63. The van der Waals surface area contributed by atoms with Crippen molar-refractivity contribution in [3.8, 4) is 0 Å². The van der Waals surface area contributed by atoms with Crippen LogP contribution in [0.2, 0.25) is 0 Å². The summed E-state index contributed by atoms with van der Waals surface area (Å²) in [4.78, 5) is 0. The van der Waals surface area contributed by atoms with E-state index in [0.717, 1.165) is 36.1 Å². The largest absolute Gasteiger partial charge is 0.317 e. The molecule has 0 aromatic rings. The second-order valence-corrected chi connectivity index (χ2v) is 7.73. The van der Waals surface area contributed by atoms with E-state index in [4.69, 9.17) is 0 Å². The topological polar surface area (TPSA) is 12.0 Å². The van der Waals surface area contributed by atoms with Gasteiger partial charge in [0.1, 0.15) is 0 Å². The molecule has 20 heavy (non-hydrogen) atoms. The van der Waals surface area contributed by atoms with Gasteiger partial charge in [-0.1, -0.05) is 59.3 Å². The quantitative estimate of drug-likeness (QED) is 0.700. The first-order valence-corrected chi connectivity index (χ1v) is 9.45.